The normalized spacial score (nSPS) is 15.2. The molecule has 0 aliphatic carbocycles. The average molecular weight is 366 g/mol. The van der Waals surface area contributed by atoms with E-state index in [-0.39, 0.29) is 17.5 Å². The van der Waals surface area contributed by atoms with Crippen molar-refractivity contribution in [2.24, 2.45) is 5.73 Å². The molecule has 1 aliphatic rings. The first-order valence-corrected chi connectivity index (χ1v) is 8.40. The Labute approximate surface area is 155 Å². The van der Waals surface area contributed by atoms with Crippen LogP contribution in [0.3, 0.4) is 0 Å². The van der Waals surface area contributed by atoms with Crippen LogP contribution in [0, 0.1) is 0 Å². The molecule has 138 valence electrons. The number of nitrogens with zero attached hydrogens (tertiary/aromatic N) is 1. The van der Waals surface area contributed by atoms with E-state index in [0.29, 0.717) is 0 Å². The van der Waals surface area contributed by atoms with Gasteiger partial charge in [0.1, 0.15) is 6.04 Å². The summed E-state index contributed by atoms with van der Waals surface area (Å²) >= 11 is 0. The van der Waals surface area contributed by atoms with E-state index in [0.717, 1.165) is 10.5 Å². The number of benzene rings is 2. The monoisotopic (exact) mass is 366 g/mol. The molecule has 1 aliphatic heterocycles. The van der Waals surface area contributed by atoms with Crippen LogP contribution in [0.25, 0.3) is 0 Å². The number of hydrogen-bond acceptors (Lipinski definition) is 5. The predicted octanol–water partition coefficient (Wildman–Crippen LogP) is 1.31. The van der Waals surface area contributed by atoms with Crippen molar-refractivity contribution >= 4 is 23.7 Å². The van der Waals surface area contributed by atoms with Crippen molar-refractivity contribution in [3.05, 3.63) is 71.3 Å². The van der Waals surface area contributed by atoms with Gasteiger partial charge in [-0.25, -0.2) is 4.79 Å². The number of fused-ring (bicyclic) bond motifs is 1. The average Bonchev–Trinajstić information content (AvgIpc) is 2.91. The summed E-state index contributed by atoms with van der Waals surface area (Å²) in [5, 5.41) is 0. The minimum Gasteiger partial charge on any atom is -0.451 e. The predicted molar refractivity (Wildman–Crippen MR) is 95.6 cm³/mol. The van der Waals surface area contributed by atoms with Gasteiger partial charge in [0.15, 0.2) is 6.10 Å². The molecule has 2 aromatic carbocycles. The summed E-state index contributed by atoms with van der Waals surface area (Å²) in [4.78, 5) is 50.4. The lowest BCUT2D eigenvalue weighted by molar-refractivity contribution is -0.157. The molecule has 0 spiro atoms. The molecule has 0 saturated heterocycles. The fraction of sp³-hybridized carbons (Fsp3) is 0.200. The molecule has 7 nitrogen and oxygen atoms in total. The summed E-state index contributed by atoms with van der Waals surface area (Å²) in [5.41, 5.74) is 6.35. The SMILES string of the molecule is C[C@@H](OC(=O)[C@H](Cc1ccccc1)N1C(=O)c2ccccc2C1=O)C(N)=O. The number of amides is 3. The van der Waals surface area contributed by atoms with Gasteiger partial charge in [0.05, 0.1) is 11.1 Å². The number of hydrogen-bond donors (Lipinski definition) is 1. The van der Waals surface area contributed by atoms with Crippen LogP contribution in [0.2, 0.25) is 0 Å². The van der Waals surface area contributed by atoms with Crippen molar-refractivity contribution in [1.29, 1.82) is 0 Å². The highest BCUT2D eigenvalue weighted by molar-refractivity contribution is 6.22. The maximum absolute atomic E-state index is 12.8. The molecule has 2 atom stereocenters. The number of imide groups is 1. The molecule has 0 fully saturated rings. The van der Waals surface area contributed by atoms with Crippen LogP contribution < -0.4 is 5.73 Å². The first-order valence-electron chi connectivity index (χ1n) is 8.40. The van der Waals surface area contributed by atoms with E-state index in [1.807, 2.05) is 6.07 Å². The van der Waals surface area contributed by atoms with Crippen molar-refractivity contribution in [2.75, 3.05) is 0 Å². The van der Waals surface area contributed by atoms with E-state index in [1.165, 1.54) is 19.1 Å². The molecule has 1 heterocycles. The van der Waals surface area contributed by atoms with Crippen molar-refractivity contribution < 1.29 is 23.9 Å². The van der Waals surface area contributed by atoms with E-state index in [4.69, 9.17) is 10.5 Å². The van der Waals surface area contributed by atoms with Gasteiger partial charge in [0.2, 0.25) is 0 Å². The lowest BCUT2D eigenvalue weighted by Gasteiger charge is -2.25. The first kappa shape index (κ1) is 18.3. The molecule has 2 N–H and O–H groups in total. The Morgan fingerprint density at radius 2 is 1.48 bits per heavy atom. The highest BCUT2D eigenvalue weighted by atomic mass is 16.5. The van der Waals surface area contributed by atoms with Crippen LogP contribution in [-0.2, 0) is 20.7 Å². The van der Waals surface area contributed by atoms with Gasteiger partial charge < -0.3 is 10.5 Å². The van der Waals surface area contributed by atoms with Gasteiger partial charge in [-0.05, 0) is 24.6 Å². The van der Waals surface area contributed by atoms with E-state index in [1.54, 1.807) is 36.4 Å². The third kappa shape index (κ3) is 3.57. The number of carbonyl (C=O) groups excluding carboxylic acids is 4. The van der Waals surface area contributed by atoms with E-state index in [9.17, 15) is 19.2 Å². The molecule has 3 amide bonds. The minimum atomic E-state index is -1.21. The van der Waals surface area contributed by atoms with Crippen LogP contribution in [0.5, 0.6) is 0 Å². The molecule has 0 saturated carbocycles. The molecule has 0 bridgehead atoms. The zero-order valence-electron chi connectivity index (χ0n) is 14.6. The third-order valence-corrected chi connectivity index (χ3v) is 4.37. The molecular weight excluding hydrogens is 348 g/mol. The van der Waals surface area contributed by atoms with E-state index >= 15 is 0 Å². The Bertz CT molecular complexity index is 875. The topological polar surface area (TPSA) is 107 Å². The van der Waals surface area contributed by atoms with Gasteiger partial charge in [0, 0.05) is 6.42 Å². The summed E-state index contributed by atoms with van der Waals surface area (Å²) in [6, 6.07) is 14.1. The summed E-state index contributed by atoms with van der Waals surface area (Å²) in [6.45, 7) is 1.34. The molecule has 0 unspecified atom stereocenters. The van der Waals surface area contributed by atoms with Gasteiger partial charge in [-0.3, -0.25) is 19.3 Å². The number of esters is 1. The number of carbonyl (C=O) groups is 4. The fourth-order valence-corrected chi connectivity index (χ4v) is 2.92. The first-order chi connectivity index (χ1) is 12.9. The summed E-state index contributed by atoms with van der Waals surface area (Å²) in [7, 11) is 0. The van der Waals surface area contributed by atoms with Crippen molar-refractivity contribution in [3.8, 4) is 0 Å². The second-order valence-electron chi connectivity index (χ2n) is 6.21. The number of rotatable bonds is 6. The summed E-state index contributed by atoms with van der Waals surface area (Å²) in [6.07, 6.45) is -1.11. The van der Waals surface area contributed by atoms with Gasteiger partial charge >= 0.3 is 5.97 Å². The van der Waals surface area contributed by atoms with Crippen LogP contribution in [0.1, 0.15) is 33.2 Å². The molecule has 27 heavy (non-hydrogen) atoms. The molecular formula is C20H18N2O5. The van der Waals surface area contributed by atoms with Crippen LogP contribution >= 0.6 is 0 Å². The van der Waals surface area contributed by atoms with Gasteiger partial charge in [-0.15, -0.1) is 0 Å². The molecule has 0 aromatic heterocycles. The van der Waals surface area contributed by atoms with Crippen LogP contribution in [0.4, 0.5) is 0 Å². The van der Waals surface area contributed by atoms with Gasteiger partial charge in [-0.1, -0.05) is 42.5 Å². The quantitative estimate of drug-likeness (QED) is 0.613. The highest BCUT2D eigenvalue weighted by Crippen LogP contribution is 2.26. The zero-order valence-corrected chi connectivity index (χ0v) is 14.6. The molecule has 7 heteroatoms. The van der Waals surface area contributed by atoms with Gasteiger partial charge in [-0.2, -0.15) is 0 Å². The van der Waals surface area contributed by atoms with Gasteiger partial charge in [0.25, 0.3) is 17.7 Å². The maximum Gasteiger partial charge on any atom is 0.330 e. The maximum atomic E-state index is 12.8. The van der Waals surface area contributed by atoms with Crippen molar-refractivity contribution in [3.63, 3.8) is 0 Å². The molecule has 2 aromatic rings. The number of ether oxygens (including phenoxy) is 1. The van der Waals surface area contributed by atoms with Crippen LogP contribution in [-0.4, -0.2) is 40.7 Å². The van der Waals surface area contributed by atoms with E-state index < -0.39 is 35.8 Å². The molecule has 3 rings (SSSR count). The Morgan fingerprint density at radius 3 is 2.00 bits per heavy atom. The van der Waals surface area contributed by atoms with Crippen LogP contribution in [0.15, 0.2) is 54.6 Å². The third-order valence-electron chi connectivity index (χ3n) is 4.37. The number of nitrogens with two attached hydrogens (primary N) is 1. The van der Waals surface area contributed by atoms with Crippen molar-refractivity contribution in [1.82, 2.24) is 4.90 Å². The lowest BCUT2D eigenvalue weighted by atomic mass is 10.0. The lowest BCUT2D eigenvalue weighted by Crippen LogP contribution is -2.48. The fourth-order valence-electron chi connectivity index (χ4n) is 2.92. The Hall–Kier alpha value is -3.48. The zero-order chi connectivity index (χ0) is 19.6. The second kappa shape index (κ2) is 7.41. The largest absolute Gasteiger partial charge is 0.451 e. The Kier molecular flexibility index (Phi) is 5.03. The summed E-state index contributed by atoms with van der Waals surface area (Å²) in [5.74, 6) is -2.82. The Morgan fingerprint density at radius 1 is 0.963 bits per heavy atom. The smallest absolute Gasteiger partial charge is 0.330 e. The number of primary amides is 1. The standard InChI is InChI=1S/C20H18N2O5/c1-12(17(21)23)27-20(26)16(11-13-7-3-2-4-8-13)22-18(24)14-9-5-6-10-15(14)19(22)25/h2-10,12,16H,11H2,1H3,(H2,21,23)/t12-,16+/m1/s1. The molecule has 0 radical (unpaired) electrons. The second-order valence-corrected chi connectivity index (χ2v) is 6.21. The highest BCUT2D eigenvalue weighted by Gasteiger charge is 2.43. The summed E-state index contributed by atoms with van der Waals surface area (Å²) < 4.78 is 5.09. The van der Waals surface area contributed by atoms with Crippen molar-refractivity contribution in [2.45, 2.75) is 25.5 Å². The van der Waals surface area contributed by atoms with E-state index in [2.05, 4.69) is 0 Å². The Balaban J connectivity index is 1.95. The minimum absolute atomic E-state index is 0.0661.